The summed E-state index contributed by atoms with van der Waals surface area (Å²) in [4.78, 5) is 11.1. The molecule has 0 fully saturated rings. The standard InChI is InChI=1S/C13H11FINO2/c1-7-5-10(13(17)18)8(2)16(7)12-4-3-9(14)6-11(12)15/h3-6H,1-2H3,(H,17,18). The number of halogens is 2. The number of rotatable bonds is 2. The van der Waals surface area contributed by atoms with Gasteiger partial charge in [0.15, 0.2) is 0 Å². The largest absolute Gasteiger partial charge is 0.478 e. The van der Waals surface area contributed by atoms with Gasteiger partial charge in [-0.3, -0.25) is 0 Å². The normalized spacial score (nSPS) is 10.7. The molecule has 0 spiro atoms. The fourth-order valence-corrected chi connectivity index (χ4v) is 2.73. The number of aromatic nitrogens is 1. The number of aromatic carboxylic acids is 1. The van der Waals surface area contributed by atoms with E-state index in [1.165, 1.54) is 12.1 Å². The van der Waals surface area contributed by atoms with Crippen molar-refractivity contribution in [3.05, 3.63) is 50.6 Å². The van der Waals surface area contributed by atoms with Crippen molar-refractivity contribution in [2.45, 2.75) is 13.8 Å². The van der Waals surface area contributed by atoms with Gasteiger partial charge in [0, 0.05) is 15.0 Å². The predicted molar refractivity (Wildman–Crippen MR) is 74.9 cm³/mol. The van der Waals surface area contributed by atoms with Crippen molar-refractivity contribution < 1.29 is 14.3 Å². The van der Waals surface area contributed by atoms with Crippen LogP contribution in [0.5, 0.6) is 0 Å². The molecule has 0 atom stereocenters. The van der Waals surface area contributed by atoms with Crippen molar-refractivity contribution in [2.24, 2.45) is 0 Å². The zero-order valence-corrected chi connectivity index (χ0v) is 12.0. The van der Waals surface area contributed by atoms with Crippen LogP contribution in [0.25, 0.3) is 5.69 Å². The van der Waals surface area contributed by atoms with Crippen LogP contribution in [0.4, 0.5) is 4.39 Å². The van der Waals surface area contributed by atoms with E-state index in [4.69, 9.17) is 5.11 Å². The summed E-state index contributed by atoms with van der Waals surface area (Å²) < 4.78 is 15.7. The maximum Gasteiger partial charge on any atom is 0.337 e. The molecule has 0 saturated heterocycles. The van der Waals surface area contributed by atoms with Gasteiger partial charge in [-0.2, -0.15) is 0 Å². The topological polar surface area (TPSA) is 42.2 Å². The molecule has 0 radical (unpaired) electrons. The Morgan fingerprint density at radius 2 is 2.00 bits per heavy atom. The lowest BCUT2D eigenvalue weighted by Crippen LogP contribution is -2.04. The minimum atomic E-state index is -0.952. The maximum absolute atomic E-state index is 13.1. The fraction of sp³-hybridized carbons (Fsp3) is 0.154. The zero-order chi connectivity index (χ0) is 13.4. The minimum absolute atomic E-state index is 0.271. The van der Waals surface area contributed by atoms with E-state index < -0.39 is 5.97 Å². The van der Waals surface area contributed by atoms with Gasteiger partial charge in [-0.15, -0.1) is 0 Å². The third-order valence-electron chi connectivity index (χ3n) is 2.81. The Hall–Kier alpha value is -1.37. The highest BCUT2D eigenvalue weighted by Crippen LogP contribution is 2.25. The van der Waals surface area contributed by atoms with Gasteiger partial charge >= 0.3 is 5.97 Å². The van der Waals surface area contributed by atoms with Gasteiger partial charge in [-0.25, -0.2) is 9.18 Å². The van der Waals surface area contributed by atoms with Crippen molar-refractivity contribution in [1.82, 2.24) is 4.57 Å². The van der Waals surface area contributed by atoms with E-state index in [9.17, 15) is 9.18 Å². The van der Waals surface area contributed by atoms with Crippen LogP contribution in [0.2, 0.25) is 0 Å². The minimum Gasteiger partial charge on any atom is -0.478 e. The molecule has 3 nitrogen and oxygen atoms in total. The Kier molecular flexibility index (Phi) is 3.43. The summed E-state index contributed by atoms with van der Waals surface area (Å²) in [5.41, 5.74) is 2.52. The molecule has 2 rings (SSSR count). The highest BCUT2D eigenvalue weighted by molar-refractivity contribution is 14.1. The number of hydrogen-bond acceptors (Lipinski definition) is 1. The van der Waals surface area contributed by atoms with Crippen molar-refractivity contribution in [1.29, 1.82) is 0 Å². The molecule has 2 aromatic rings. The van der Waals surface area contributed by atoms with Gasteiger partial charge in [0.2, 0.25) is 0 Å². The molecule has 1 N–H and O–H groups in total. The van der Waals surface area contributed by atoms with E-state index in [0.717, 1.165) is 15.0 Å². The van der Waals surface area contributed by atoms with Crippen molar-refractivity contribution in [3.63, 3.8) is 0 Å². The molecule has 94 valence electrons. The first-order valence-corrected chi connectivity index (χ1v) is 6.37. The summed E-state index contributed by atoms with van der Waals surface area (Å²) in [5, 5.41) is 9.09. The van der Waals surface area contributed by atoms with E-state index >= 15 is 0 Å². The Bertz CT molecular complexity index is 634. The molecular weight excluding hydrogens is 348 g/mol. The lowest BCUT2D eigenvalue weighted by molar-refractivity contribution is 0.0696. The van der Waals surface area contributed by atoms with E-state index in [1.807, 2.05) is 34.1 Å². The van der Waals surface area contributed by atoms with E-state index in [2.05, 4.69) is 0 Å². The second kappa shape index (κ2) is 4.72. The molecule has 1 aromatic heterocycles. The number of nitrogens with zero attached hydrogens (tertiary/aromatic N) is 1. The van der Waals surface area contributed by atoms with Crippen LogP contribution in [-0.2, 0) is 0 Å². The van der Waals surface area contributed by atoms with Crippen LogP contribution >= 0.6 is 22.6 Å². The number of carboxylic acids is 1. The number of aryl methyl sites for hydroxylation is 1. The molecule has 0 unspecified atom stereocenters. The van der Waals surface area contributed by atoms with Gasteiger partial charge in [0.1, 0.15) is 5.82 Å². The van der Waals surface area contributed by atoms with Crippen LogP contribution < -0.4 is 0 Å². The third-order valence-corrected chi connectivity index (χ3v) is 3.68. The van der Waals surface area contributed by atoms with Crippen LogP contribution in [0.1, 0.15) is 21.7 Å². The van der Waals surface area contributed by atoms with Gasteiger partial charge in [0.25, 0.3) is 0 Å². The second-order valence-electron chi connectivity index (χ2n) is 4.02. The molecule has 5 heteroatoms. The molecule has 1 heterocycles. The van der Waals surface area contributed by atoms with Crippen LogP contribution in [0.15, 0.2) is 24.3 Å². The first kappa shape index (κ1) is 13.1. The van der Waals surface area contributed by atoms with Gasteiger partial charge in [-0.1, -0.05) is 0 Å². The average molecular weight is 359 g/mol. The molecule has 0 aliphatic heterocycles. The molecule has 0 aliphatic rings. The highest BCUT2D eigenvalue weighted by atomic mass is 127. The van der Waals surface area contributed by atoms with Crippen molar-refractivity contribution in [3.8, 4) is 5.69 Å². The Labute approximate surface area is 117 Å². The quantitative estimate of drug-likeness (QED) is 0.834. The van der Waals surface area contributed by atoms with Crippen molar-refractivity contribution >= 4 is 28.6 Å². The molecule has 0 saturated carbocycles. The predicted octanol–water partition coefficient (Wildman–Crippen LogP) is 3.54. The molecule has 0 aliphatic carbocycles. The molecule has 0 bridgehead atoms. The average Bonchev–Trinajstić information content (AvgIpc) is 2.56. The van der Waals surface area contributed by atoms with E-state index in [1.54, 1.807) is 19.1 Å². The van der Waals surface area contributed by atoms with Gasteiger partial charge in [0.05, 0.1) is 11.3 Å². The Morgan fingerprint density at radius 3 is 2.50 bits per heavy atom. The molecular formula is C13H11FINO2. The summed E-state index contributed by atoms with van der Waals surface area (Å²) in [6.07, 6.45) is 0. The van der Waals surface area contributed by atoms with Gasteiger partial charge < -0.3 is 9.67 Å². The zero-order valence-electron chi connectivity index (χ0n) is 9.87. The number of carboxylic acid groups (broad SMARTS) is 1. The van der Waals surface area contributed by atoms with Crippen LogP contribution in [0.3, 0.4) is 0 Å². The molecule has 18 heavy (non-hydrogen) atoms. The van der Waals surface area contributed by atoms with Gasteiger partial charge in [-0.05, 0) is 60.7 Å². The first-order valence-electron chi connectivity index (χ1n) is 5.29. The van der Waals surface area contributed by atoms with E-state index in [-0.39, 0.29) is 11.4 Å². The second-order valence-corrected chi connectivity index (χ2v) is 5.18. The summed E-state index contributed by atoms with van der Waals surface area (Å²) in [5.74, 6) is -1.25. The lowest BCUT2D eigenvalue weighted by atomic mass is 10.2. The van der Waals surface area contributed by atoms with Crippen molar-refractivity contribution in [2.75, 3.05) is 0 Å². The Balaban J connectivity index is 2.68. The highest BCUT2D eigenvalue weighted by Gasteiger charge is 2.17. The Morgan fingerprint density at radius 1 is 1.33 bits per heavy atom. The monoisotopic (exact) mass is 359 g/mol. The number of benzene rings is 1. The number of hydrogen-bond donors (Lipinski definition) is 1. The summed E-state index contributed by atoms with van der Waals surface area (Å²) >= 11 is 2.04. The fourth-order valence-electron chi connectivity index (χ4n) is 2.01. The van der Waals surface area contributed by atoms with Crippen LogP contribution in [-0.4, -0.2) is 15.6 Å². The smallest absolute Gasteiger partial charge is 0.337 e. The summed E-state index contributed by atoms with van der Waals surface area (Å²) in [7, 11) is 0. The van der Waals surface area contributed by atoms with E-state index in [0.29, 0.717) is 5.69 Å². The first-order chi connectivity index (χ1) is 8.41. The maximum atomic E-state index is 13.1. The van der Waals surface area contributed by atoms with Crippen LogP contribution in [0, 0.1) is 23.2 Å². The molecule has 1 aromatic carbocycles. The summed E-state index contributed by atoms with van der Waals surface area (Å²) in [6.45, 7) is 3.58. The molecule has 0 amide bonds. The SMILES string of the molecule is Cc1cc(C(=O)O)c(C)n1-c1ccc(F)cc1I. The lowest BCUT2D eigenvalue weighted by Gasteiger charge is -2.11. The third kappa shape index (κ3) is 2.14. The number of carbonyl (C=O) groups is 1. The summed E-state index contributed by atoms with van der Waals surface area (Å²) in [6, 6.07) is 6.08.